The summed E-state index contributed by atoms with van der Waals surface area (Å²) < 4.78 is 29.2. The first kappa shape index (κ1) is 21.4. The molecule has 1 amide bonds. The third-order valence-electron chi connectivity index (χ3n) is 4.51. The first-order valence-corrected chi connectivity index (χ1v) is 11.3. The van der Waals surface area contributed by atoms with Crippen molar-refractivity contribution in [3.8, 4) is 11.5 Å². The molecule has 7 heteroatoms. The zero-order valence-corrected chi connectivity index (χ0v) is 17.9. The summed E-state index contributed by atoms with van der Waals surface area (Å²) in [4.78, 5) is 12.5. The normalized spacial score (nSPS) is 11.0. The average molecular weight is 425 g/mol. The molecule has 0 spiro atoms. The fourth-order valence-corrected chi connectivity index (χ4v) is 3.57. The lowest BCUT2D eigenvalue weighted by atomic mass is 10.1. The topological polar surface area (TPSA) is 84.5 Å². The predicted molar refractivity (Wildman–Crippen MR) is 119 cm³/mol. The van der Waals surface area contributed by atoms with Crippen molar-refractivity contribution < 1.29 is 17.9 Å². The van der Waals surface area contributed by atoms with Gasteiger partial charge in [0.25, 0.3) is 0 Å². The van der Waals surface area contributed by atoms with Gasteiger partial charge in [-0.2, -0.15) is 0 Å². The summed E-state index contributed by atoms with van der Waals surface area (Å²) in [6.45, 7) is 4.00. The third-order valence-corrected chi connectivity index (χ3v) is 5.64. The predicted octanol–water partition coefficient (Wildman–Crippen LogP) is 4.55. The highest BCUT2D eigenvalue weighted by Gasteiger charge is 2.11. The molecule has 3 aromatic rings. The Balaban J connectivity index is 1.65. The third kappa shape index (κ3) is 5.39. The summed E-state index contributed by atoms with van der Waals surface area (Å²) in [5, 5.41) is 5.84. The highest BCUT2D eigenvalue weighted by atomic mass is 32.2. The second-order valence-electron chi connectivity index (χ2n) is 7.02. The Hall–Kier alpha value is -3.32. The molecule has 0 aliphatic rings. The number of anilines is 2. The summed E-state index contributed by atoms with van der Waals surface area (Å²) in [5.41, 5.74) is 3.28. The number of hydrogen-bond acceptors (Lipinski definition) is 5. The summed E-state index contributed by atoms with van der Waals surface area (Å²) in [7, 11) is -3.27. The second-order valence-corrected chi connectivity index (χ2v) is 9.03. The van der Waals surface area contributed by atoms with Crippen molar-refractivity contribution in [2.75, 3.05) is 23.4 Å². The van der Waals surface area contributed by atoms with E-state index in [1.54, 1.807) is 12.1 Å². The van der Waals surface area contributed by atoms with Gasteiger partial charge in [0.1, 0.15) is 5.75 Å². The average Bonchev–Trinajstić information content (AvgIpc) is 2.70. The van der Waals surface area contributed by atoms with E-state index in [9.17, 15) is 13.2 Å². The Morgan fingerprint density at radius 2 is 1.53 bits per heavy atom. The van der Waals surface area contributed by atoms with Crippen LogP contribution in [0, 0.1) is 13.8 Å². The van der Waals surface area contributed by atoms with Gasteiger partial charge in [-0.1, -0.05) is 30.3 Å². The van der Waals surface area contributed by atoms with Gasteiger partial charge in [0, 0.05) is 11.9 Å². The molecule has 0 atom stereocenters. The zero-order valence-electron chi connectivity index (χ0n) is 17.1. The number of ether oxygens (including phenoxy) is 1. The van der Waals surface area contributed by atoms with Crippen LogP contribution in [-0.4, -0.2) is 27.1 Å². The largest absolute Gasteiger partial charge is 0.455 e. The van der Waals surface area contributed by atoms with E-state index < -0.39 is 9.84 Å². The number of nitrogens with one attached hydrogen (secondary N) is 2. The lowest BCUT2D eigenvalue weighted by molar-refractivity contribution is -0.114. The molecule has 0 fully saturated rings. The van der Waals surface area contributed by atoms with Crippen LogP contribution in [0.5, 0.6) is 11.5 Å². The highest BCUT2D eigenvalue weighted by Crippen LogP contribution is 2.33. The van der Waals surface area contributed by atoms with Crippen molar-refractivity contribution in [2.24, 2.45) is 0 Å². The summed E-state index contributed by atoms with van der Waals surface area (Å²) in [6, 6.07) is 19.4. The molecule has 0 heterocycles. The van der Waals surface area contributed by atoms with Crippen molar-refractivity contribution in [3.63, 3.8) is 0 Å². The molecule has 2 N–H and O–H groups in total. The Bertz CT molecular complexity index is 1140. The van der Waals surface area contributed by atoms with E-state index in [1.807, 2.05) is 56.3 Å². The molecular weight excluding hydrogens is 400 g/mol. The van der Waals surface area contributed by atoms with Crippen LogP contribution in [0.4, 0.5) is 11.4 Å². The fraction of sp³-hybridized carbons (Fsp3) is 0.174. The molecule has 3 rings (SSSR count). The number of hydrogen-bond donors (Lipinski definition) is 2. The quantitative estimate of drug-likeness (QED) is 0.581. The second kappa shape index (κ2) is 9.00. The van der Waals surface area contributed by atoms with Crippen molar-refractivity contribution in [1.82, 2.24) is 0 Å². The van der Waals surface area contributed by atoms with Crippen LogP contribution >= 0.6 is 0 Å². The van der Waals surface area contributed by atoms with Crippen LogP contribution in [0.2, 0.25) is 0 Å². The molecule has 0 unspecified atom stereocenters. The molecule has 156 valence electrons. The Morgan fingerprint density at radius 1 is 0.900 bits per heavy atom. The van der Waals surface area contributed by atoms with E-state index in [2.05, 4.69) is 10.6 Å². The number of carbonyl (C=O) groups is 1. The van der Waals surface area contributed by atoms with Gasteiger partial charge in [-0.25, -0.2) is 8.42 Å². The van der Waals surface area contributed by atoms with Gasteiger partial charge >= 0.3 is 0 Å². The maximum atomic E-state index is 12.3. The van der Waals surface area contributed by atoms with Crippen LogP contribution in [0.1, 0.15) is 11.1 Å². The Kier molecular flexibility index (Phi) is 6.42. The minimum absolute atomic E-state index is 0.0287. The van der Waals surface area contributed by atoms with Gasteiger partial charge in [-0.15, -0.1) is 0 Å². The molecule has 6 nitrogen and oxygen atoms in total. The smallest absolute Gasteiger partial charge is 0.243 e. The summed E-state index contributed by atoms with van der Waals surface area (Å²) in [5.74, 6) is 1.16. The van der Waals surface area contributed by atoms with E-state index in [0.29, 0.717) is 17.1 Å². The number of para-hydroxylation sites is 3. The maximum absolute atomic E-state index is 12.3. The minimum atomic E-state index is -3.27. The number of rotatable bonds is 7. The van der Waals surface area contributed by atoms with Crippen molar-refractivity contribution in [2.45, 2.75) is 18.7 Å². The first-order valence-electron chi connectivity index (χ1n) is 9.41. The van der Waals surface area contributed by atoms with Crippen LogP contribution in [0.15, 0.2) is 71.6 Å². The van der Waals surface area contributed by atoms with E-state index >= 15 is 0 Å². The van der Waals surface area contributed by atoms with Crippen LogP contribution < -0.4 is 15.4 Å². The molecule has 30 heavy (non-hydrogen) atoms. The molecule has 0 aromatic heterocycles. The number of carbonyl (C=O) groups excluding carboxylic acids is 1. The Morgan fingerprint density at radius 3 is 2.17 bits per heavy atom. The molecule has 3 aromatic carbocycles. The summed E-state index contributed by atoms with van der Waals surface area (Å²) >= 11 is 0. The SMILES string of the molecule is Cc1cccc(C)c1Oc1ccccc1NCC(=O)Nc1ccc(S(C)(=O)=O)cc1. The van der Waals surface area contributed by atoms with Gasteiger partial charge in [-0.05, 0) is 61.4 Å². The number of benzene rings is 3. The van der Waals surface area contributed by atoms with E-state index in [-0.39, 0.29) is 17.3 Å². The van der Waals surface area contributed by atoms with Crippen LogP contribution in [0.25, 0.3) is 0 Å². The molecule has 0 saturated heterocycles. The lowest BCUT2D eigenvalue weighted by Crippen LogP contribution is -2.22. The Labute approximate surface area is 176 Å². The van der Waals surface area contributed by atoms with E-state index in [0.717, 1.165) is 23.1 Å². The van der Waals surface area contributed by atoms with E-state index in [1.165, 1.54) is 12.1 Å². The molecule has 0 bridgehead atoms. The van der Waals surface area contributed by atoms with Crippen LogP contribution in [-0.2, 0) is 14.6 Å². The van der Waals surface area contributed by atoms with Crippen molar-refractivity contribution >= 4 is 27.1 Å². The first-order chi connectivity index (χ1) is 14.2. The standard InChI is InChI=1S/C23H24N2O4S/c1-16-7-6-8-17(2)23(16)29-21-10-5-4-9-20(21)24-15-22(26)25-18-11-13-19(14-12-18)30(3,27)28/h4-14,24H,15H2,1-3H3,(H,25,26). The lowest BCUT2D eigenvalue weighted by Gasteiger charge is -2.16. The molecule has 0 aliphatic carbocycles. The van der Waals surface area contributed by atoms with Crippen LogP contribution in [0.3, 0.4) is 0 Å². The van der Waals surface area contributed by atoms with Gasteiger partial charge in [0.2, 0.25) is 5.91 Å². The van der Waals surface area contributed by atoms with Gasteiger partial charge in [0.05, 0.1) is 17.1 Å². The van der Waals surface area contributed by atoms with Crippen molar-refractivity contribution in [3.05, 3.63) is 77.9 Å². The highest BCUT2D eigenvalue weighted by molar-refractivity contribution is 7.90. The number of sulfone groups is 1. The fourth-order valence-electron chi connectivity index (χ4n) is 2.94. The van der Waals surface area contributed by atoms with Crippen molar-refractivity contribution in [1.29, 1.82) is 0 Å². The number of amides is 1. The molecular formula is C23H24N2O4S. The van der Waals surface area contributed by atoms with Gasteiger partial charge < -0.3 is 15.4 Å². The minimum Gasteiger partial charge on any atom is -0.455 e. The molecule has 0 aliphatic heterocycles. The number of aryl methyl sites for hydroxylation is 2. The van der Waals surface area contributed by atoms with Gasteiger partial charge in [-0.3, -0.25) is 4.79 Å². The zero-order chi connectivity index (χ0) is 21.7. The monoisotopic (exact) mass is 424 g/mol. The van der Waals surface area contributed by atoms with Gasteiger partial charge in [0.15, 0.2) is 15.6 Å². The molecule has 0 radical (unpaired) electrons. The van der Waals surface area contributed by atoms with E-state index in [4.69, 9.17) is 4.74 Å². The maximum Gasteiger partial charge on any atom is 0.243 e. The summed E-state index contributed by atoms with van der Waals surface area (Å²) in [6.07, 6.45) is 1.14. The molecule has 0 saturated carbocycles.